The molecule has 15 heavy (non-hydrogen) atoms. The summed E-state index contributed by atoms with van der Waals surface area (Å²) in [6.45, 7) is 6.88. The first-order valence-electron chi connectivity index (χ1n) is 5.49. The first kappa shape index (κ1) is 11.4. The zero-order valence-electron chi connectivity index (χ0n) is 9.24. The topological polar surface area (TPSA) is 16.1 Å². The van der Waals surface area contributed by atoms with Crippen molar-refractivity contribution in [3.63, 3.8) is 0 Å². The van der Waals surface area contributed by atoms with Gasteiger partial charge < -0.3 is 0 Å². The van der Waals surface area contributed by atoms with Crippen LogP contribution in [0.4, 0.5) is 0 Å². The maximum atomic E-state index is 5.83. The highest BCUT2D eigenvalue weighted by atomic mass is 35.5. The molecule has 1 aliphatic heterocycles. The molecule has 1 aromatic rings. The van der Waals surface area contributed by atoms with Gasteiger partial charge in [0.05, 0.1) is 0 Å². The maximum Gasteiger partial charge on any atom is 0.183 e. The third-order valence-electron chi connectivity index (χ3n) is 3.16. The van der Waals surface area contributed by atoms with Crippen LogP contribution in [-0.4, -0.2) is 22.5 Å². The van der Waals surface area contributed by atoms with E-state index < -0.39 is 0 Å². The van der Waals surface area contributed by atoms with E-state index in [1.807, 2.05) is 6.20 Å². The molecule has 1 aliphatic rings. The first-order chi connectivity index (χ1) is 7.15. The molecule has 2 heterocycles. The van der Waals surface area contributed by atoms with Crippen LogP contribution in [0.15, 0.2) is 6.20 Å². The molecule has 2 atom stereocenters. The molecule has 84 valence electrons. The molecule has 0 aromatic carbocycles. The van der Waals surface area contributed by atoms with Crippen LogP contribution in [-0.2, 0) is 6.54 Å². The maximum absolute atomic E-state index is 5.83. The summed E-state index contributed by atoms with van der Waals surface area (Å²) in [5.41, 5.74) is 0. The average Bonchev–Trinajstić information content (AvgIpc) is 2.56. The number of hydrogen-bond acceptors (Lipinski definition) is 3. The molecular formula is C11H17ClN2S. The van der Waals surface area contributed by atoms with E-state index in [0.29, 0.717) is 10.5 Å². The monoisotopic (exact) mass is 244 g/mol. The van der Waals surface area contributed by atoms with Gasteiger partial charge in [-0.05, 0) is 32.2 Å². The summed E-state index contributed by atoms with van der Waals surface area (Å²) in [5.74, 6) is 0.876. The number of halogens is 1. The average molecular weight is 245 g/mol. The number of rotatable bonds is 2. The number of thiazole rings is 1. The lowest BCUT2D eigenvalue weighted by Gasteiger charge is -2.36. The fraction of sp³-hybridized carbons (Fsp3) is 0.727. The van der Waals surface area contributed by atoms with Crippen molar-refractivity contribution < 1.29 is 0 Å². The minimum atomic E-state index is 0.656. The first-order valence-corrected chi connectivity index (χ1v) is 6.69. The van der Waals surface area contributed by atoms with Crippen molar-refractivity contribution >= 4 is 22.9 Å². The molecule has 0 radical (unpaired) electrons. The molecule has 4 heteroatoms. The van der Waals surface area contributed by atoms with Crippen molar-refractivity contribution in [3.8, 4) is 0 Å². The van der Waals surface area contributed by atoms with E-state index in [1.165, 1.54) is 24.3 Å². The van der Waals surface area contributed by atoms with Crippen LogP contribution in [0.2, 0.25) is 4.47 Å². The molecule has 1 fully saturated rings. The second kappa shape index (κ2) is 4.81. The summed E-state index contributed by atoms with van der Waals surface area (Å²) in [6.07, 6.45) is 4.53. The van der Waals surface area contributed by atoms with Gasteiger partial charge in [0.15, 0.2) is 4.47 Å². The highest BCUT2D eigenvalue weighted by molar-refractivity contribution is 7.15. The van der Waals surface area contributed by atoms with Crippen molar-refractivity contribution in [2.24, 2.45) is 5.92 Å². The Morgan fingerprint density at radius 3 is 3.00 bits per heavy atom. The lowest BCUT2D eigenvalue weighted by molar-refractivity contribution is 0.123. The van der Waals surface area contributed by atoms with Crippen LogP contribution in [0.25, 0.3) is 0 Å². The molecule has 0 saturated carbocycles. The Bertz CT molecular complexity index is 326. The second-order valence-electron chi connectivity index (χ2n) is 4.53. The normalized spacial score (nSPS) is 28.2. The summed E-state index contributed by atoms with van der Waals surface area (Å²) in [4.78, 5) is 7.89. The van der Waals surface area contributed by atoms with Crippen LogP contribution in [0.3, 0.4) is 0 Å². The number of hydrogen-bond donors (Lipinski definition) is 0. The van der Waals surface area contributed by atoms with Gasteiger partial charge in [0.1, 0.15) is 0 Å². The van der Waals surface area contributed by atoms with Gasteiger partial charge in [-0.3, -0.25) is 4.90 Å². The van der Waals surface area contributed by atoms with E-state index in [1.54, 1.807) is 11.3 Å². The summed E-state index contributed by atoms with van der Waals surface area (Å²) >= 11 is 7.42. The van der Waals surface area contributed by atoms with Crippen LogP contribution >= 0.6 is 22.9 Å². The summed E-state index contributed by atoms with van der Waals surface area (Å²) in [5, 5.41) is 0. The molecule has 0 amide bonds. The molecule has 0 bridgehead atoms. The Labute approximate surface area is 100 Å². The SMILES string of the molecule is CC1CCN(Cc2cnc(Cl)s2)C(C)C1. The summed E-state index contributed by atoms with van der Waals surface area (Å²) in [6, 6.07) is 0.689. The predicted octanol–water partition coefficient (Wildman–Crippen LogP) is 3.42. The Balaban J connectivity index is 1.94. The third-order valence-corrected chi connectivity index (χ3v) is 4.26. The molecule has 2 unspecified atom stereocenters. The largest absolute Gasteiger partial charge is 0.296 e. The van der Waals surface area contributed by atoms with Crippen LogP contribution < -0.4 is 0 Å². The van der Waals surface area contributed by atoms with Crippen molar-refractivity contribution in [3.05, 3.63) is 15.5 Å². The van der Waals surface area contributed by atoms with Gasteiger partial charge in [-0.2, -0.15) is 0 Å². The van der Waals surface area contributed by atoms with Crippen LogP contribution in [0.5, 0.6) is 0 Å². The standard InChI is InChI=1S/C11H17ClN2S/c1-8-3-4-14(9(2)5-8)7-10-6-13-11(12)15-10/h6,8-9H,3-5,7H2,1-2H3. The van der Waals surface area contributed by atoms with Gasteiger partial charge in [-0.25, -0.2) is 4.98 Å². The van der Waals surface area contributed by atoms with Crippen molar-refractivity contribution in [1.29, 1.82) is 0 Å². The number of piperidine rings is 1. The van der Waals surface area contributed by atoms with Gasteiger partial charge in [0, 0.05) is 23.7 Å². The summed E-state index contributed by atoms with van der Waals surface area (Å²) < 4.78 is 0.656. The molecule has 2 rings (SSSR count). The smallest absolute Gasteiger partial charge is 0.183 e. The van der Waals surface area contributed by atoms with E-state index in [2.05, 4.69) is 23.7 Å². The molecule has 0 aliphatic carbocycles. The van der Waals surface area contributed by atoms with Crippen molar-refractivity contribution in [2.75, 3.05) is 6.54 Å². The summed E-state index contributed by atoms with van der Waals surface area (Å²) in [7, 11) is 0. The molecular weight excluding hydrogens is 228 g/mol. The van der Waals surface area contributed by atoms with E-state index in [-0.39, 0.29) is 0 Å². The quantitative estimate of drug-likeness (QED) is 0.793. The van der Waals surface area contributed by atoms with E-state index in [4.69, 9.17) is 11.6 Å². The lowest BCUT2D eigenvalue weighted by Crippen LogP contribution is -2.39. The Morgan fingerprint density at radius 2 is 2.40 bits per heavy atom. The predicted molar refractivity (Wildman–Crippen MR) is 65.4 cm³/mol. The Morgan fingerprint density at radius 1 is 1.60 bits per heavy atom. The molecule has 0 spiro atoms. The fourth-order valence-corrected chi connectivity index (χ4v) is 3.25. The minimum Gasteiger partial charge on any atom is -0.296 e. The van der Waals surface area contributed by atoms with Gasteiger partial charge in [-0.15, -0.1) is 11.3 Å². The zero-order chi connectivity index (χ0) is 10.8. The van der Waals surface area contributed by atoms with Gasteiger partial charge in [0.2, 0.25) is 0 Å². The Hall–Kier alpha value is -0.120. The van der Waals surface area contributed by atoms with Crippen LogP contribution in [0, 0.1) is 5.92 Å². The zero-order valence-corrected chi connectivity index (χ0v) is 10.8. The molecule has 1 saturated heterocycles. The molecule has 1 aromatic heterocycles. The van der Waals surface area contributed by atoms with E-state index in [9.17, 15) is 0 Å². The van der Waals surface area contributed by atoms with E-state index in [0.717, 1.165) is 12.5 Å². The van der Waals surface area contributed by atoms with E-state index >= 15 is 0 Å². The fourth-order valence-electron chi connectivity index (χ4n) is 2.25. The third kappa shape index (κ3) is 2.92. The van der Waals surface area contributed by atoms with Crippen molar-refractivity contribution in [1.82, 2.24) is 9.88 Å². The minimum absolute atomic E-state index is 0.656. The van der Waals surface area contributed by atoms with Gasteiger partial charge in [-0.1, -0.05) is 18.5 Å². The Kier molecular flexibility index (Phi) is 3.65. The number of likely N-dealkylation sites (tertiary alicyclic amines) is 1. The lowest BCUT2D eigenvalue weighted by atomic mass is 9.93. The highest BCUT2D eigenvalue weighted by Gasteiger charge is 2.23. The van der Waals surface area contributed by atoms with Crippen LogP contribution in [0.1, 0.15) is 31.6 Å². The van der Waals surface area contributed by atoms with Crippen molar-refractivity contribution in [2.45, 2.75) is 39.3 Å². The van der Waals surface area contributed by atoms with Gasteiger partial charge >= 0.3 is 0 Å². The number of aromatic nitrogens is 1. The molecule has 0 N–H and O–H groups in total. The van der Waals surface area contributed by atoms with Gasteiger partial charge in [0.25, 0.3) is 0 Å². The highest BCUT2D eigenvalue weighted by Crippen LogP contribution is 2.26. The second-order valence-corrected chi connectivity index (χ2v) is 6.23. The number of nitrogens with zero attached hydrogens (tertiary/aromatic N) is 2. The molecule has 2 nitrogen and oxygen atoms in total.